The van der Waals surface area contributed by atoms with Crippen molar-refractivity contribution >= 4 is 17.6 Å². The maximum atomic E-state index is 11.3. The highest BCUT2D eigenvalue weighted by Crippen LogP contribution is 2.15. The average molecular weight is 248 g/mol. The summed E-state index contributed by atoms with van der Waals surface area (Å²) in [6, 6.07) is 6.81. The van der Waals surface area contributed by atoms with Crippen LogP contribution in [0.15, 0.2) is 36.4 Å². The van der Waals surface area contributed by atoms with Crippen molar-refractivity contribution in [3.63, 3.8) is 0 Å². The summed E-state index contributed by atoms with van der Waals surface area (Å²) in [7, 11) is 0. The Hall–Kier alpha value is -2.30. The molecular formula is C13H14NO4-. The number of benzene rings is 1. The maximum Gasteiger partial charge on any atom is 0.248 e. The monoisotopic (exact) mass is 248 g/mol. The lowest BCUT2D eigenvalue weighted by Gasteiger charge is -2.06. The number of ether oxygens (including phenoxy) is 1. The molecule has 0 heterocycles. The molecule has 0 saturated heterocycles. The van der Waals surface area contributed by atoms with Gasteiger partial charge in [0.1, 0.15) is 5.75 Å². The van der Waals surface area contributed by atoms with Gasteiger partial charge in [-0.15, -0.1) is 0 Å². The van der Waals surface area contributed by atoms with E-state index in [1.807, 2.05) is 6.92 Å². The van der Waals surface area contributed by atoms with Gasteiger partial charge in [0.25, 0.3) is 0 Å². The van der Waals surface area contributed by atoms with Crippen LogP contribution in [-0.4, -0.2) is 18.5 Å². The summed E-state index contributed by atoms with van der Waals surface area (Å²) in [6.07, 6.45) is 2.50. The van der Waals surface area contributed by atoms with Gasteiger partial charge in [-0.3, -0.25) is 4.79 Å². The Kier molecular flexibility index (Phi) is 5.44. The fourth-order valence-corrected chi connectivity index (χ4v) is 1.18. The van der Waals surface area contributed by atoms with Crippen molar-refractivity contribution in [2.45, 2.75) is 13.3 Å². The third kappa shape index (κ3) is 5.16. The molecule has 0 atom stereocenters. The van der Waals surface area contributed by atoms with Gasteiger partial charge in [-0.2, -0.15) is 0 Å². The van der Waals surface area contributed by atoms with Crippen molar-refractivity contribution in [1.82, 2.24) is 0 Å². The predicted molar refractivity (Wildman–Crippen MR) is 65.0 cm³/mol. The maximum absolute atomic E-state index is 11.3. The molecule has 0 saturated carbocycles. The van der Waals surface area contributed by atoms with E-state index in [0.717, 1.165) is 18.2 Å². The van der Waals surface area contributed by atoms with Gasteiger partial charge >= 0.3 is 0 Å². The zero-order chi connectivity index (χ0) is 13.4. The van der Waals surface area contributed by atoms with Gasteiger partial charge in [-0.25, -0.2) is 0 Å². The van der Waals surface area contributed by atoms with E-state index in [1.165, 1.54) is 0 Å². The van der Waals surface area contributed by atoms with Crippen LogP contribution in [0.1, 0.15) is 13.3 Å². The second-order valence-corrected chi connectivity index (χ2v) is 3.51. The van der Waals surface area contributed by atoms with Crippen molar-refractivity contribution in [3.05, 3.63) is 36.4 Å². The van der Waals surface area contributed by atoms with Crippen LogP contribution in [0.3, 0.4) is 0 Å². The molecule has 1 amide bonds. The number of hydrogen-bond donors (Lipinski definition) is 1. The van der Waals surface area contributed by atoms with E-state index in [9.17, 15) is 14.7 Å². The lowest BCUT2D eigenvalue weighted by molar-refractivity contribution is -0.297. The van der Waals surface area contributed by atoms with Gasteiger partial charge in [-0.05, 0) is 36.8 Å². The largest absolute Gasteiger partial charge is 0.545 e. The fourth-order valence-electron chi connectivity index (χ4n) is 1.18. The first-order chi connectivity index (χ1) is 8.61. The molecule has 0 aliphatic heterocycles. The highest BCUT2D eigenvalue weighted by molar-refractivity contribution is 6.02. The number of carboxylic acid groups (broad SMARTS) is 1. The fraction of sp³-hybridized carbons (Fsp3) is 0.231. The zero-order valence-corrected chi connectivity index (χ0v) is 10.0. The minimum absolute atomic E-state index is 0.526. The van der Waals surface area contributed by atoms with E-state index in [-0.39, 0.29) is 0 Å². The van der Waals surface area contributed by atoms with Crippen LogP contribution in [-0.2, 0) is 9.59 Å². The molecule has 0 spiro atoms. The molecule has 0 aliphatic carbocycles. The Balaban J connectivity index is 2.53. The van der Waals surface area contributed by atoms with Gasteiger partial charge < -0.3 is 20.0 Å². The third-order valence-electron chi connectivity index (χ3n) is 1.97. The highest BCUT2D eigenvalue weighted by Gasteiger charge is 1.98. The number of hydrogen-bond acceptors (Lipinski definition) is 4. The molecule has 0 aromatic heterocycles. The normalized spacial score (nSPS) is 10.3. The van der Waals surface area contributed by atoms with Crippen molar-refractivity contribution in [1.29, 1.82) is 0 Å². The quantitative estimate of drug-likeness (QED) is 0.752. The summed E-state index contributed by atoms with van der Waals surface area (Å²) in [5.41, 5.74) is 0.562. The predicted octanol–water partition coefficient (Wildman–Crippen LogP) is 0.720. The first kappa shape index (κ1) is 13.8. The van der Waals surface area contributed by atoms with E-state index in [4.69, 9.17) is 4.74 Å². The number of amides is 1. The average Bonchev–Trinajstić information content (AvgIpc) is 2.35. The number of nitrogens with one attached hydrogen (secondary N) is 1. The number of carbonyl (C=O) groups excluding carboxylic acids is 2. The molecule has 18 heavy (non-hydrogen) atoms. The minimum Gasteiger partial charge on any atom is -0.545 e. The van der Waals surface area contributed by atoms with Crippen LogP contribution >= 0.6 is 0 Å². The molecular weight excluding hydrogens is 234 g/mol. The minimum atomic E-state index is -1.41. The molecule has 0 unspecified atom stereocenters. The van der Waals surface area contributed by atoms with Gasteiger partial charge in [-0.1, -0.05) is 6.92 Å². The van der Waals surface area contributed by atoms with Crippen LogP contribution in [0.2, 0.25) is 0 Å². The van der Waals surface area contributed by atoms with E-state index in [0.29, 0.717) is 18.4 Å². The molecule has 0 bridgehead atoms. The van der Waals surface area contributed by atoms with Crippen molar-refractivity contribution < 1.29 is 19.4 Å². The number of anilines is 1. The molecule has 1 N–H and O–H groups in total. The third-order valence-corrected chi connectivity index (χ3v) is 1.97. The molecule has 1 aromatic rings. The summed E-state index contributed by atoms with van der Waals surface area (Å²) < 4.78 is 5.38. The summed E-state index contributed by atoms with van der Waals surface area (Å²) >= 11 is 0. The van der Waals surface area contributed by atoms with Gasteiger partial charge in [0, 0.05) is 11.8 Å². The number of aliphatic carboxylic acids is 1. The van der Waals surface area contributed by atoms with Gasteiger partial charge in [0.15, 0.2) is 0 Å². The van der Waals surface area contributed by atoms with Crippen LogP contribution in [0.4, 0.5) is 5.69 Å². The first-order valence-corrected chi connectivity index (χ1v) is 5.54. The van der Waals surface area contributed by atoms with Crippen molar-refractivity contribution in [3.8, 4) is 5.75 Å². The standard InChI is InChI=1S/C13H15NO4/c1-2-9-18-11-5-3-10(4-6-11)14-12(15)7-8-13(16)17/h3-8H,2,9H2,1H3,(H,14,15)(H,16,17)/p-1/b8-7+. The topological polar surface area (TPSA) is 78.5 Å². The SMILES string of the molecule is CCCOc1ccc(NC(=O)/C=C/C(=O)[O-])cc1. The molecule has 96 valence electrons. The van der Waals surface area contributed by atoms with Gasteiger partial charge in [0.2, 0.25) is 5.91 Å². The molecule has 5 nitrogen and oxygen atoms in total. The lowest BCUT2D eigenvalue weighted by Crippen LogP contribution is -2.20. The van der Waals surface area contributed by atoms with Crippen molar-refractivity contribution in [2.24, 2.45) is 0 Å². The summed E-state index contributed by atoms with van der Waals surface area (Å²) in [5.74, 6) is -1.21. The molecule has 0 radical (unpaired) electrons. The number of carboxylic acids is 1. The van der Waals surface area contributed by atoms with E-state index in [1.54, 1.807) is 24.3 Å². The second kappa shape index (κ2) is 7.11. The first-order valence-electron chi connectivity index (χ1n) is 5.54. The lowest BCUT2D eigenvalue weighted by atomic mass is 10.3. The zero-order valence-electron chi connectivity index (χ0n) is 10.0. The molecule has 0 aliphatic rings. The Morgan fingerprint density at radius 3 is 2.50 bits per heavy atom. The Bertz CT molecular complexity index is 437. The summed E-state index contributed by atoms with van der Waals surface area (Å²) in [6.45, 7) is 2.65. The van der Waals surface area contributed by atoms with E-state index < -0.39 is 11.9 Å². The Labute approximate surface area is 105 Å². The summed E-state index contributed by atoms with van der Waals surface area (Å²) in [5, 5.41) is 12.6. The van der Waals surface area contributed by atoms with Crippen LogP contribution in [0.5, 0.6) is 5.75 Å². The molecule has 1 aromatic carbocycles. The summed E-state index contributed by atoms with van der Waals surface area (Å²) in [4.78, 5) is 21.4. The highest BCUT2D eigenvalue weighted by atomic mass is 16.5. The molecule has 1 rings (SSSR count). The van der Waals surface area contributed by atoms with Crippen molar-refractivity contribution in [2.75, 3.05) is 11.9 Å². The Morgan fingerprint density at radius 2 is 1.94 bits per heavy atom. The Morgan fingerprint density at radius 1 is 1.28 bits per heavy atom. The second-order valence-electron chi connectivity index (χ2n) is 3.51. The number of rotatable bonds is 6. The number of carbonyl (C=O) groups is 2. The van der Waals surface area contributed by atoms with E-state index in [2.05, 4.69) is 5.32 Å². The van der Waals surface area contributed by atoms with Crippen LogP contribution < -0.4 is 15.2 Å². The van der Waals surface area contributed by atoms with Gasteiger partial charge in [0.05, 0.1) is 12.6 Å². The smallest absolute Gasteiger partial charge is 0.248 e. The van der Waals surface area contributed by atoms with E-state index >= 15 is 0 Å². The van der Waals surface area contributed by atoms with Crippen LogP contribution in [0, 0.1) is 0 Å². The molecule has 0 fully saturated rings. The van der Waals surface area contributed by atoms with Crippen LogP contribution in [0.25, 0.3) is 0 Å². The molecule has 5 heteroatoms.